The van der Waals surface area contributed by atoms with E-state index in [9.17, 15) is 27.9 Å². The zero-order chi connectivity index (χ0) is 21.6. The zero-order valence-electron chi connectivity index (χ0n) is 16.9. The summed E-state index contributed by atoms with van der Waals surface area (Å²) >= 11 is 0. The molecular formula is C21H29F3N2O3. The molecule has 29 heavy (non-hydrogen) atoms. The fraction of sp³-hybridized carbons (Fsp3) is 0.619. The number of amides is 1. The van der Waals surface area contributed by atoms with Crippen molar-refractivity contribution in [3.05, 3.63) is 35.4 Å². The molecule has 1 aliphatic rings. The molecule has 2 atom stereocenters. The molecule has 2 rings (SSSR count). The standard InChI is InChI=1S/C21H29F3N2O3/c1-3-25(4-2)11-9-17-14-26(12-10-16(17)13-19(27)28)20(29)15-5-7-18(8-6-15)21(22,23)24/h5-8,16-17H,3-4,9-14H2,1-2H3,(H,27,28). The van der Waals surface area contributed by atoms with Crippen LogP contribution in [-0.4, -0.2) is 59.5 Å². The van der Waals surface area contributed by atoms with Gasteiger partial charge in [0.15, 0.2) is 0 Å². The maximum atomic E-state index is 12.8. The van der Waals surface area contributed by atoms with Crippen LogP contribution in [0.5, 0.6) is 0 Å². The zero-order valence-corrected chi connectivity index (χ0v) is 16.9. The molecule has 1 N–H and O–H groups in total. The number of piperidine rings is 1. The second-order valence-corrected chi connectivity index (χ2v) is 7.55. The first kappa shape index (κ1) is 23.2. The minimum atomic E-state index is -4.44. The molecule has 1 aromatic rings. The third-order valence-electron chi connectivity index (χ3n) is 5.79. The van der Waals surface area contributed by atoms with E-state index in [1.54, 1.807) is 4.90 Å². The Labute approximate surface area is 169 Å². The van der Waals surface area contributed by atoms with Crippen LogP contribution in [0.3, 0.4) is 0 Å². The van der Waals surface area contributed by atoms with Crippen molar-refractivity contribution in [2.24, 2.45) is 11.8 Å². The summed E-state index contributed by atoms with van der Waals surface area (Å²) in [7, 11) is 0. The van der Waals surface area contributed by atoms with Gasteiger partial charge in [-0.3, -0.25) is 9.59 Å². The number of aliphatic carboxylic acids is 1. The maximum Gasteiger partial charge on any atom is 0.416 e. The highest BCUT2D eigenvalue weighted by atomic mass is 19.4. The van der Waals surface area contributed by atoms with Gasteiger partial charge in [-0.1, -0.05) is 13.8 Å². The number of carbonyl (C=O) groups is 2. The van der Waals surface area contributed by atoms with Gasteiger partial charge in [0.25, 0.3) is 5.91 Å². The van der Waals surface area contributed by atoms with E-state index in [1.165, 1.54) is 12.1 Å². The molecular weight excluding hydrogens is 385 g/mol. The molecule has 0 bridgehead atoms. The van der Waals surface area contributed by atoms with Crippen LogP contribution in [0.2, 0.25) is 0 Å². The monoisotopic (exact) mass is 414 g/mol. The second-order valence-electron chi connectivity index (χ2n) is 7.55. The minimum Gasteiger partial charge on any atom is -0.481 e. The van der Waals surface area contributed by atoms with Crippen LogP contribution < -0.4 is 0 Å². The van der Waals surface area contributed by atoms with E-state index in [1.807, 2.05) is 0 Å². The summed E-state index contributed by atoms with van der Waals surface area (Å²) in [5, 5.41) is 9.22. The number of benzene rings is 1. The van der Waals surface area contributed by atoms with E-state index in [-0.39, 0.29) is 29.7 Å². The Morgan fingerprint density at radius 3 is 2.28 bits per heavy atom. The van der Waals surface area contributed by atoms with Crippen LogP contribution in [0.15, 0.2) is 24.3 Å². The minimum absolute atomic E-state index is 0.000261. The van der Waals surface area contributed by atoms with Crippen molar-refractivity contribution in [2.45, 2.75) is 39.3 Å². The summed E-state index contributed by atoms with van der Waals surface area (Å²) < 4.78 is 38.2. The normalized spacial score (nSPS) is 20.1. The van der Waals surface area contributed by atoms with Crippen LogP contribution in [0.25, 0.3) is 0 Å². The van der Waals surface area contributed by atoms with Crippen molar-refractivity contribution in [3.8, 4) is 0 Å². The first-order chi connectivity index (χ1) is 13.7. The Balaban J connectivity index is 2.09. The number of alkyl halides is 3. The van der Waals surface area contributed by atoms with Crippen molar-refractivity contribution in [3.63, 3.8) is 0 Å². The van der Waals surface area contributed by atoms with Gasteiger partial charge in [-0.05, 0) is 68.6 Å². The molecule has 0 aromatic heterocycles. The Kier molecular flexibility index (Phi) is 8.07. The first-order valence-corrected chi connectivity index (χ1v) is 10.1. The van der Waals surface area contributed by atoms with Gasteiger partial charge in [0.1, 0.15) is 0 Å². The third-order valence-corrected chi connectivity index (χ3v) is 5.79. The topological polar surface area (TPSA) is 60.9 Å². The van der Waals surface area contributed by atoms with Crippen molar-refractivity contribution in [2.75, 3.05) is 32.7 Å². The largest absolute Gasteiger partial charge is 0.481 e. The predicted octanol–water partition coefficient (Wildman–Crippen LogP) is 3.99. The van der Waals surface area contributed by atoms with Gasteiger partial charge < -0.3 is 14.9 Å². The van der Waals surface area contributed by atoms with Gasteiger partial charge in [-0.25, -0.2) is 0 Å². The molecule has 2 unspecified atom stereocenters. The van der Waals surface area contributed by atoms with Gasteiger partial charge in [0.05, 0.1) is 5.56 Å². The molecule has 0 saturated carbocycles. The molecule has 1 heterocycles. The van der Waals surface area contributed by atoms with Crippen molar-refractivity contribution < 1.29 is 27.9 Å². The van der Waals surface area contributed by atoms with Crippen molar-refractivity contribution in [1.82, 2.24) is 9.80 Å². The molecule has 1 aliphatic heterocycles. The Hall–Kier alpha value is -2.09. The lowest BCUT2D eigenvalue weighted by Crippen LogP contribution is -2.45. The molecule has 1 amide bonds. The predicted molar refractivity (Wildman–Crippen MR) is 104 cm³/mol. The van der Waals surface area contributed by atoms with E-state index in [2.05, 4.69) is 18.7 Å². The SMILES string of the molecule is CCN(CC)CCC1CN(C(=O)c2ccc(C(F)(F)F)cc2)CCC1CC(=O)O. The van der Waals surface area contributed by atoms with E-state index in [4.69, 9.17) is 0 Å². The van der Waals surface area contributed by atoms with Crippen LogP contribution >= 0.6 is 0 Å². The Morgan fingerprint density at radius 1 is 1.14 bits per heavy atom. The fourth-order valence-electron chi connectivity index (χ4n) is 3.96. The molecule has 0 aliphatic carbocycles. The number of rotatable bonds is 8. The van der Waals surface area contributed by atoms with E-state index in [0.717, 1.165) is 38.2 Å². The average Bonchev–Trinajstić information content (AvgIpc) is 2.68. The summed E-state index contributed by atoms with van der Waals surface area (Å²) in [6.07, 6.45) is -2.99. The van der Waals surface area contributed by atoms with E-state index < -0.39 is 17.7 Å². The second kappa shape index (κ2) is 10.1. The summed E-state index contributed by atoms with van der Waals surface area (Å²) in [5.41, 5.74) is -0.566. The van der Waals surface area contributed by atoms with Gasteiger partial charge in [0, 0.05) is 25.1 Å². The fourth-order valence-corrected chi connectivity index (χ4v) is 3.96. The van der Waals surface area contributed by atoms with Crippen LogP contribution in [0.1, 0.15) is 49.0 Å². The van der Waals surface area contributed by atoms with Crippen molar-refractivity contribution >= 4 is 11.9 Å². The highest BCUT2D eigenvalue weighted by molar-refractivity contribution is 5.94. The third kappa shape index (κ3) is 6.45. The number of halogens is 3. The summed E-state index contributed by atoms with van der Waals surface area (Å²) in [6.45, 7) is 7.62. The maximum absolute atomic E-state index is 12.8. The smallest absolute Gasteiger partial charge is 0.416 e. The molecule has 0 spiro atoms. The number of carboxylic acids is 1. The summed E-state index contributed by atoms with van der Waals surface area (Å²) in [4.78, 5) is 27.9. The molecule has 5 nitrogen and oxygen atoms in total. The highest BCUT2D eigenvalue weighted by Gasteiger charge is 2.34. The number of carbonyl (C=O) groups excluding carboxylic acids is 1. The van der Waals surface area contributed by atoms with Gasteiger partial charge >= 0.3 is 12.1 Å². The number of nitrogens with zero attached hydrogens (tertiary/aromatic N) is 2. The number of carboxylic acid groups (broad SMARTS) is 1. The van der Waals surface area contributed by atoms with Gasteiger partial charge in [-0.2, -0.15) is 13.2 Å². The molecule has 8 heteroatoms. The molecule has 1 saturated heterocycles. The number of hydrogen-bond donors (Lipinski definition) is 1. The molecule has 0 radical (unpaired) electrons. The average molecular weight is 414 g/mol. The number of hydrogen-bond acceptors (Lipinski definition) is 3. The summed E-state index contributed by atoms with van der Waals surface area (Å²) in [6, 6.07) is 4.25. The quantitative estimate of drug-likeness (QED) is 0.699. The van der Waals surface area contributed by atoms with E-state index in [0.29, 0.717) is 19.5 Å². The lowest BCUT2D eigenvalue weighted by Gasteiger charge is -2.39. The Bertz CT molecular complexity index is 687. The highest BCUT2D eigenvalue weighted by Crippen LogP contribution is 2.32. The lowest BCUT2D eigenvalue weighted by atomic mass is 9.81. The van der Waals surface area contributed by atoms with Crippen LogP contribution in [0.4, 0.5) is 13.2 Å². The lowest BCUT2D eigenvalue weighted by molar-refractivity contribution is -0.139. The van der Waals surface area contributed by atoms with Crippen molar-refractivity contribution in [1.29, 1.82) is 0 Å². The van der Waals surface area contributed by atoms with Gasteiger partial charge in [0.2, 0.25) is 0 Å². The molecule has 162 valence electrons. The molecule has 1 fully saturated rings. The van der Waals surface area contributed by atoms with Crippen LogP contribution in [-0.2, 0) is 11.0 Å². The first-order valence-electron chi connectivity index (χ1n) is 10.1. The van der Waals surface area contributed by atoms with Crippen LogP contribution in [0, 0.1) is 11.8 Å². The van der Waals surface area contributed by atoms with E-state index >= 15 is 0 Å². The summed E-state index contributed by atoms with van der Waals surface area (Å²) in [5.74, 6) is -1.09. The van der Waals surface area contributed by atoms with Gasteiger partial charge in [-0.15, -0.1) is 0 Å². The number of likely N-dealkylation sites (tertiary alicyclic amines) is 1. The Morgan fingerprint density at radius 2 is 1.76 bits per heavy atom. The molecule has 1 aromatic carbocycles.